The Morgan fingerprint density at radius 3 is 2.41 bits per heavy atom. The second kappa shape index (κ2) is 13.5. The molecule has 2 aliphatic carbocycles. The average molecular weight is 638 g/mol. The number of hydrogen-bond donors (Lipinski definition) is 1. The summed E-state index contributed by atoms with van der Waals surface area (Å²) in [6.45, 7) is 0.371. The fraction of sp³-hybridized carbons (Fsp3) is 0.485. The minimum Gasteiger partial charge on any atom is -0.469 e. The van der Waals surface area contributed by atoms with E-state index < -0.39 is 17.8 Å². The lowest BCUT2D eigenvalue weighted by molar-refractivity contribution is -0.137. The molecule has 10 nitrogen and oxygen atoms in total. The van der Waals surface area contributed by atoms with Gasteiger partial charge in [0.2, 0.25) is 5.88 Å². The molecule has 3 aromatic heterocycles. The molecule has 0 radical (unpaired) electrons. The van der Waals surface area contributed by atoms with Crippen LogP contribution in [0.5, 0.6) is 5.88 Å². The normalized spacial score (nSPS) is 22.0. The van der Waals surface area contributed by atoms with E-state index in [1.807, 2.05) is 48.1 Å². The Kier molecular flexibility index (Phi) is 9.27. The standard InChI is InChI=1S/C33H38F3N7O3/c1-41-29(21-46-30-17-26(15-16-37-30)33(34,35)36)39-40-31(41)24-9-7-23(8-10-24)25-18-38-43(20-25)28-13-11-27(12-14-28)42(32(44)45)19-22-5-3-2-4-6-22/h2-6,15-18,20,23-24,27-28H,7-14,19,21H2,1H3,(H,44,45)/t23-,24-,27-,28-. The van der Waals surface area contributed by atoms with Crippen molar-refractivity contribution >= 4 is 6.09 Å². The number of carbonyl (C=O) groups is 1. The molecular weight excluding hydrogens is 599 g/mol. The second-order valence-electron chi connectivity index (χ2n) is 12.4. The molecule has 46 heavy (non-hydrogen) atoms. The van der Waals surface area contributed by atoms with Crippen LogP contribution in [0, 0.1) is 0 Å². The first-order valence-corrected chi connectivity index (χ1v) is 15.8. The molecule has 6 rings (SSSR count). The SMILES string of the molecule is Cn1c(COc2cc(C(F)(F)F)ccn2)nnc1[C@H]1CC[C@H](c2cnn([C@H]3CC[C@H](N(Cc4ccccc4)C(=O)O)CC3)c2)CC1. The van der Waals surface area contributed by atoms with Crippen LogP contribution in [-0.4, -0.2) is 51.7 Å². The van der Waals surface area contributed by atoms with Crippen molar-refractivity contribution in [3.63, 3.8) is 0 Å². The number of pyridine rings is 1. The van der Waals surface area contributed by atoms with Crippen molar-refractivity contribution in [2.75, 3.05) is 0 Å². The molecule has 244 valence electrons. The number of aromatic nitrogens is 6. The van der Waals surface area contributed by atoms with Crippen LogP contribution >= 0.6 is 0 Å². The smallest absolute Gasteiger partial charge is 0.416 e. The molecule has 1 N–H and O–H groups in total. The number of hydrogen-bond acceptors (Lipinski definition) is 6. The number of alkyl halides is 3. The third-order valence-electron chi connectivity index (χ3n) is 9.52. The summed E-state index contributed by atoms with van der Waals surface area (Å²) >= 11 is 0. The Bertz CT molecular complexity index is 1610. The second-order valence-corrected chi connectivity index (χ2v) is 12.4. The van der Waals surface area contributed by atoms with Crippen molar-refractivity contribution in [1.82, 2.24) is 34.4 Å². The van der Waals surface area contributed by atoms with E-state index in [1.165, 1.54) is 5.56 Å². The topological polar surface area (TPSA) is 111 Å². The quantitative estimate of drug-likeness (QED) is 0.208. The van der Waals surface area contributed by atoms with Gasteiger partial charge in [-0.25, -0.2) is 9.78 Å². The van der Waals surface area contributed by atoms with Gasteiger partial charge in [0, 0.05) is 44.0 Å². The van der Waals surface area contributed by atoms with Gasteiger partial charge in [0.25, 0.3) is 0 Å². The lowest BCUT2D eigenvalue weighted by Crippen LogP contribution is -2.41. The van der Waals surface area contributed by atoms with E-state index in [0.717, 1.165) is 81.1 Å². The molecule has 4 aromatic rings. The third kappa shape index (κ3) is 7.18. The fourth-order valence-corrected chi connectivity index (χ4v) is 6.88. The van der Waals surface area contributed by atoms with Crippen LogP contribution < -0.4 is 4.74 Å². The monoisotopic (exact) mass is 637 g/mol. The van der Waals surface area contributed by atoms with Gasteiger partial charge in [-0.1, -0.05) is 30.3 Å². The third-order valence-corrected chi connectivity index (χ3v) is 9.52. The van der Waals surface area contributed by atoms with Crippen LogP contribution in [0.15, 0.2) is 61.1 Å². The minimum absolute atomic E-state index is 0.00389. The maximum atomic E-state index is 13.0. The molecule has 1 amide bonds. The first-order valence-electron chi connectivity index (χ1n) is 15.8. The summed E-state index contributed by atoms with van der Waals surface area (Å²) in [6.07, 6.45) is 7.15. The number of nitrogens with zero attached hydrogens (tertiary/aromatic N) is 7. The van der Waals surface area contributed by atoms with Gasteiger partial charge in [-0.3, -0.25) is 4.68 Å². The van der Waals surface area contributed by atoms with E-state index in [-0.39, 0.29) is 30.5 Å². The highest BCUT2D eigenvalue weighted by molar-refractivity contribution is 5.65. The highest BCUT2D eigenvalue weighted by atomic mass is 19.4. The molecule has 0 bridgehead atoms. The maximum Gasteiger partial charge on any atom is 0.416 e. The summed E-state index contributed by atoms with van der Waals surface area (Å²) in [7, 11) is 1.86. The van der Waals surface area contributed by atoms with E-state index in [9.17, 15) is 23.1 Å². The first kappa shape index (κ1) is 31.6. The van der Waals surface area contributed by atoms with E-state index >= 15 is 0 Å². The molecule has 0 spiro atoms. The number of halogens is 3. The molecule has 0 saturated heterocycles. The lowest BCUT2D eigenvalue weighted by Gasteiger charge is -2.35. The van der Waals surface area contributed by atoms with Gasteiger partial charge in [0.1, 0.15) is 12.4 Å². The molecule has 2 fully saturated rings. The number of ether oxygens (including phenoxy) is 1. The molecule has 0 unspecified atom stereocenters. The number of amides is 1. The van der Waals surface area contributed by atoms with Gasteiger partial charge in [-0.15, -0.1) is 10.2 Å². The van der Waals surface area contributed by atoms with Gasteiger partial charge in [0.05, 0.1) is 17.8 Å². The van der Waals surface area contributed by atoms with Gasteiger partial charge in [-0.2, -0.15) is 18.3 Å². The maximum absolute atomic E-state index is 13.0. The molecule has 0 aliphatic heterocycles. The summed E-state index contributed by atoms with van der Waals surface area (Å²) in [5, 5.41) is 23.3. The van der Waals surface area contributed by atoms with E-state index in [1.54, 1.807) is 4.90 Å². The summed E-state index contributed by atoms with van der Waals surface area (Å²) in [5.41, 5.74) is 1.42. The largest absolute Gasteiger partial charge is 0.469 e. The van der Waals surface area contributed by atoms with Crippen LogP contribution in [0.4, 0.5) is 18.0 Å². The van der Waals surface area contributed by atoms with Crippen LogP contribution in [0.3, 0.4) is 0 Å². The molecule has 3 heterocycles. The molecule has 13 heteroatoms. The Morgan fingerprint density at radius 2 is 1.72 bits per heavy atom. The zero-order valence-electron chi connectivity index (χ0n) is 25.7. The number of benzene rings is 1. The van der Waals surface area contributed by atoms with E-state index in [4.69, 9.17) is 9.84 Å². The van der Waals surface area contributed by atoms with Crippen LogP contribution in [0.1, 0.15) is 97.6 Å². The van der Waals surface area contributed by atoms with Crippen molar-refractivity contribution in [2.24, 2.45) is 7.05 Å². The Labute approximate surface area is 265 Å². The van der Waals surface area contributed by atoms with Crippen LogP contribution in [-0.2, 0) is 26.4 Å². The van der Waals surface area contributed by atoms with Gasteiger partial charge in [0.15, 0.2) is 5.82 Å². The summed E-state index contributed by atoms with van der Waals surface area (Å²) in [6, 6.07) is 11.8. The van der Waals surface area contributed by atoms with Crippen LogP contribution in [0.2, 0.25) is 0 Å². The average Bonchev–Trinajstić information content (AvgIpc) is 3.70. The van der Waals surface area contributed by atoms with Crippen molar-refractivity contribution in [3.8, 4) is 5.88 Å². The van der Waals surface area contributed by atoms with Gasteiger partial charge >= 0.3 is 12.3 Å². The molecule has 2 aliphatic rings. The number of rotatable bonds is 9. The van der Waals surface area contributed by atoms with Crippen molar-refractivity contribution in [3.05, 3.63) is 89.4 Å². The van der Waals surface area contributed by atoms with Crippen molar-refractivity contribution in [2.45, 2.75) is 94.6 Å². The fourth-order valence-electron chi connectivity index (χ4n) is 6.88. The summed E-state index contributed by atoms with van der Waals surface area (Å²) in [4.78, 5) is 17.5. The zero-order chi connectivity index (χ0) is 32.3. The predicted molar refractivity (Wildman–Crippen MR) is 162 cm³/mol. The van der Waals surface area contributed by atoms with Crippen LogP contribution in [0.25, 0.3) is 0 Å². The Hall–Kier alpha value is -4.42. The molecule has 2 saturated carbocycles. The zero-order valence-corrected chi connectivity index (χ0v) is 25.7. The Morgan fingerprint density at radius 1 is 1.00 bits per heavy atom. The van der Waals surface area contributed by atoms with E-state index in [0.29, 0.717) is 18.3 Å². The molecular formula is C33H38F3N7O3. The summed E-state index contributed by atoms with van der Waals surface area (Å²) in [5.74, 6) is 1.90. The van der Waals surface area contributed by atoms with Gasteiger partial charge in [-0.05, 0) is 74.5 Å². The minimum atomic E-state index is -4.47. The molecule has 1 aromatic carbocycles. The lowest BCUT2D eigenvalue weighted by atomic mass is 9.79. The van der Waals surface area contributed by atoms with Crippen molar-refractivity contribution in [1.29, 1.82) is 0 Å². The van der Waals surface area contributed by atoms with E-state index in [2.05, 4.69) is 26.1 Å². The van der Waals surface area contributed by atoms with Gasteiger partial charge < -0.3 is 19.3 Å². The molecule has 0 atom stereocenters. The number of carboxylic acid groups (broad SMARTS) is 1. The highest BCUT2D eigenvalue weighted by Gasteiger charge is 2.33. The predicted octanol–water partition coefficient (Wildman–Crippen LogP) is 7.11. The first-order chi connectivity index (χ1) is 22.2. The highest BCUT2D eigenvalue weighted by Crippen LogP contribution is 2.41. The summed E-state index contributed by atoms with van der Waals surface area (Å²) < 4.78 is 48.5. The van der Waals surface area contributed by atoms with Crippen molar-refractivity contribution < 1.29 is 27.8 Å². The Balaban J connectivity index is 0.994.